The van der Waals surface area contributed by atoms with E-state index in [0.717, 1.165) is 11.3 Å². The van der Waals surface area contributed by atoms with Crippen LogP contribution in [0.3, 0.4) is 0 Å². The lowest BCUT2D eigenvalue weighted by Gasteiger charge is -2.16. The van der Waals surface area contributed by atoms with Gasteiger partial charge < -0.3 is 19.7 Å². The summed E-state index contributed by atoms with van der Waals surface area (Å²) in [4.78, 5) is 11.0. The average Bonchev–Trinajstić information content (AvgIpc) is 2.76. The Morgan fingerprint density at radius 2 is 2.04 bits per heavy atom. The second kappa shape index (κ2) is 7.11. The molecule has 0 unspecified atom stereocenters. The monoisotopic (exact) mass is 354 g/mol. The zero-order valence-corrected chi connectivity index (χ0v) is 14.6. The Morgan fingerprint density at radius 3 is 2.54 bits per heavy atom. The van der Waals surface area contributed by atoms with Crippen LogP contribution in [0.1, 0.15) is 23.7 Å². The Kier molecular flexibility index (Phi) is 5.36. The summed E-state index contributed by atoms with van der Waals surface area (Å²) < 4.78 is 12.8. The lowest BCUT2D eigenvalue weighted by Crippen LogP contribution is -2.23. The van der Waals surface area contributed by atoms with Crippen molar-refractivity contribution in [1.82, 2.24) is 9.78 Å². The van der Waals surface area contributed by atoms with Crippen LogP contribution in [0.5, 0.6) is 17.4 Å². The number of aliphatic carboxylic acids is 1. The first kappa shape index (κ1) is 18.1. The fourth-order valence-electron chi connectivity index (χ4n) is 2.12. The highest BCUT2D eigenvalue weighted by molar-refractivity contribution is 6.32. The largest absolute Gasteiger partial charge is 0.479 e. The molecule has 0 aliphatic rings. The minimum absolute atomic E-state index is 0.162. The summed E-state index contributed by atoms with van der Waals surface area (Å²) in [5.74, 6) is -0.115. The highest BCUT2D eigenvalue weighted by atomic mass is 35.5. The Labute approximate surface area is 144 Å². The summed E-state index contributed by atoms with van der Waals surface area (Å²) in [6.45, 7) is 4.84. The number of nitrogens with zero attached hydrogens (tertiary/aromatic N) is 2. The van der Waals surface area contributed by atoms with Crippen molar-refractivity contribution in [2.24, 2.45) is 7.05 Å². The fraction of sp³-hybridized carbons (Fsp3) is 0.375. The van der Waals surface area contributed by atoms with E-state index in [0.29, 0.717) is 17.2 Å². The molecule has 1 aromatic carbocycles. The molecule has 2 aromatic rings. The Balaban J connectivity index is 2.42. The summed E-state index contributed by atoms with van der Waals surface area (Å²) >= 11 is 6.10. The maximum Gasteiger partial charge on any atom is 0.344 e. The summed E-state index contributed by atoms with van der Waals surface area (Å²) in [6.07, 6.45) is -1.07. The minimum atomic E-state index is -1.11. The first-order valence-corrected chi connectivity index (χ1v) is 7.63. The number of aliphatic hydroxyl groups excluding tert-OH is 1. The van der Waals surface area contributed by atoms with Crippen LogP contribution in [0, 0.1) is 13.8 Å². The third-order valence-corrected chi connectivity index (χ3v) is 3.90. The molecule has 0 saturated carbocycles. The van der Waals surface area contributed by atoms with Crippen molar-refractivity contribution < 1.29 is 24.5 Å². The van der Waals surface area contributed by atoms with Crippen molar-refractivity contribution in [1.29, 1.82) is 0 Å². The summed E-state index contributed by atoms with van der Waals surface area (Å²) in [7, 11) is 1.74. The standard InChI is InChI=1S/C16H19ClN2O5/c1-8-9(2)18-19(4)15(8)24-13-6-14(23-10(3)16(21)22)12(17)5-11(13)7-20/h5-6,10,20H,7H2,1-4H3,(H,21,22)/t10-/m0/s1. The zero-order valence-electron chi connectivity index (χ0n) is 13.8. The normalized spacial score (nSPS) is 12.1. The zero-order chi connectivity index (χ0) is 18.0. The molecular weight excluding hydrogens is 336 g/mol. The Hall–Kier alpha value is -2.25. The minimum Gasteiger partial charge on any atom is -0.479 e. The van der Waals surface area contributed by atoms with E-state index in [4.69, 9.17) is 26.2 Å². The molecular formula is C16H19ClN2O5. The maximum absolute atomic E-state index is 11.0. The second-order valence-corrected chi connectivity index (χ2v) is 5.80. The number of carboxylic acids is 1. The van der Waals surface area contributed by atoms with Crippen LogP contribution in [0.4, 0.5) is 0 Å². The summed E-state index contributed by atoms with van der Waals surface area (Å²) in [6, 6.07) is 2.95. The van der Waals surface area contributed by atoms with Gasteiger partial charge in [-0.15, -0.1) is 0 Å². The van der Waals surface area contributed by atoms with Crippen molar-refractivity contribution in [3.05, 3.63) is 34.0 Å². The Morgan fingerprint density at radius 1 is 1.38 bits per heavy atom. The molecule has 1 atom stereocenters. The van der Waals surface area contributed by atoms with Crippen LogP contribution in [-0.4, -0.2) is 32.1 Å². The van der Waals surface area contributed by atoms with Crippen molar-refractivity contribution in [3.63, 3.8) is 0 Å². The van der Waals surface area contributed by atoms with E-state index in [-0.39, 0.29) is 17.4 Å². The van der Waals surface area contributed by atoms with Crippen LogP contribution < -0.4 is 9.47 Å². The molecule has 2 N–H and O–H groups in total. The Bertz CT molecular complexity index is 772. The number of benzene rings is 1. The lowest BCUT2D eigenvalue weighted by atomic mass is 10.2. The molecule has 0 aliphatic carbocycles. The number of carboxylic acid groups (broad SMARTS) is 1. The molecule has 0 aliphatic heterocycles. The molecule has 24 heavy (non-hydrogen) atoms. The van der Waals surface area contributed by atoms with E-state index in [1.54, 1.807) is 11.7 Å². The van der Waals surface area contributed by atoms with E-state index in [1.807, 2.05) is 13.8 Å². The van der Waals surface area contributed by atoms with E-state index >= 15 is 0 Å². The SMILES string of the molecule is Cc1nn(C)c(Oc2cc(O[C@@H](C)C(=O)O)c(Cl)cc2CO)c1C. The molecule has 0 fully saturated rings. The number of aromatic nitrogens is 2. The van der Waals surface area contributed by atoms with E-state index in [9.17, 15) is 9.90 Å². The molecule has 7 nitrogen and oxygen atoms in total. The molecule has 1 aromatic heterocycles. The number of carbonyl (C=O) groups is 1. The van der Waals surface area contributed by atoms with Gasteiger partial charge in [0.05, 0.1) is 17.3 Å². The fourth-order valence-corrected chi connectivity index (χ4v) is 2.35. The van der Waals surface area contributed by atoms with Gasteiger partial charge in [0.25, 0.3) is 0 Å². The number of halogens is 1. The van der Waals surface area contributed by atoms with Crippen LogP contribution in [0.2, 0.25) is 5.02 Å². The molecule has 8 heteroatoms. The molecule has 0 saturated heterocycles. The molecule has 2 rings (SSSR count). The molecule has 0 amide bonds. The predicted octanol–water partition coefficient (Wildman–Crippen LogP) is 2.83. The second-order valence-electron chi connectivity index (χ2n) is 5.39. The topological polar surface area (TPSA) is 93.8 Å². The van der Waals surface area contributed by atoms with Gasteiger partial charge in [-0.25, -0.2) is 9.48 Å². The lowest BCUT2D eigenvalue weighted by molar-refractivity contribution is -0.144. The number of ether oxygens (including phenoxy) is 2. The van der Waals surface area contributed by atoms with Gasteiger partial charge in [-0.2, -0.15) is 5.10 Å². The highest BCUT2D eigenvalue weighted by Gasteiger charge is 2.19. The third-order valence-electron chi connectivity index (χ3n) is 3.60. The van der Waals surface area contributed by atoms with Crippen molar-refractivity contribution >= 4 is 17.6 Å². The number of aliphatic hydroxyl groups is 1. The van der Waals surface area contributed by atoms with Crippen LogP contribution in [0.25, 0.3) is 0 Å². The van der Waals surface area contributed by atoms with Gasteiger partial charge in [0, 0.05) is 24.2 Å². The maximum atomic E-state index is 11.0. The van der Waals surface area contributed by atoms with E-state index in [2.05, 4.69) is 5.10 Å². The van der Waals surface area contributed by atoms with Crippen molar-refractivity contribution in [3.8, 4) is 17.4 Å². The van der Waals surface area contributed by atoms with Crippen molar-refractivity contribution in [2.75, 3.05) is 0 Å². The van der Waals surface area contributed by atoms with Gasteiger partial charge in [-0.05, 0) is 26.8 Å². The summed E-state index contributed by atoms with van der Waals surface area (Å²) in [5.41, 5.74) is 2.13. The van der Waals surface area contributed by atoms with Gasteiger partial charge in [0.2, 0.25) is 5.88 Å². The first-order chi connectivity index (χ1) is 11.2. The number of aryl methyl sites for hydroxylation is 2. The molecule has 0 radical (unpaired) electrons. The van der Waals surface area contributed by atoms with Crippen LogP contribution in [0.15, 0.2) is 12.1 Å². The van der Waals surface area contributed by atoms with E-state index in [1.165, 1.54) is 19.1 Å². The van der Waals surface area contributed by atoms with Gasteiger partial charge in [0.1, 0.15) is 11.5 Å². The molecule has 1 heterocycles. The quantitative estimate of drug-likeness (QED) is 0.828. The van der Waals surface area contributed by atoms with E-state index < -0.39 is 12.1 Å². The molecule has 0 bridgehead atoms. The van der Waals surface area contributed by atoms with Gasteiger partial charge in [0.15, 0.2) is 6.10 Å². The van der Waals surface area contributed by atoms with Gasteiger partial charge in [-0.3, -0.25) is 0 Å². The summed E-state index contributed by atoms with van der Waals surface area (Å²) in [5, 5.41) is 23.0. The first-order valence-electron chi connectivity index (χ1n) is 7.25. The average molecular weight is 355 g/mol. The van der Waals surface area contributed by atoms with Gasteiger partial charge in [-0.1, -0.05) is 11.6 Å². The van der Waals surface area contributed by atoms with Crippen LogP contribution >= 0.6 is 11.6 Å². The molecule has 0 spiro atoms. The van der Waals surface area contributed by atoms with Gasteiger partial charge >= 0.3 is 5.97 Å². The number of hydrogen-bond acceptors (Lipinski definition) is 5. The molecule has 130 valence electrons. The highest BCUT2D eigenvalue weighted by Crippen LogP contribution is 2.37. The number of hydrogen-bond donors (Lipinski definition) is 2. The number of rotatable bonds is 6. The smallest absolute Gasteiger partial charge is 0.344 e. The van der Waals surface area contributed by atoms with Crippen LogP contribution in [-0.2, 0) is 18.4 Å². The third kappa shape index (κ3) is 3.63. The van der Waals surface area contributed by atoms with Crippen molar-refractivity contribution in [2.45, 2.75) is 33.5 Å². The predicted molar refractivity (Wildman–Crippen MR) is 87.9 cm³/mol.